The van der Waals surface area contributed by atoms with Gasteiger partial charge in [0.25, 0.3) is 0 Å². The third kappa shape index (κ3) is 4.99. The van der Waals surface area contributed by atoms with E-state index in [0.29, 0.717) is 24.3 Å². The SMILES string of the molecule is CCS(=O)(=O)CCCOc1ccc(C=O)cc1. The van der Waals surface area contributed by atoms with E-state index in [2.05, 4.69) is 0 Å². The highest BCUT2D eigenvalue weighted by Gasteiger charge is 2.06. The lowest BCUT2D eigenvalue weighted by Gasteiger charge is -2.06. The Kier molecular flexibility index (Phi) is 5.15. The van der Waals surface area contributed by atoms with E-state index in [1.165, 1.54) is 0 Å². The van der Waals surface area contributed by atoms with Crippen molar-refractivity contribution >= 4 is 16.1 Å². The maximum Gasteiger partial charge on any atom is 0.150 e. The topological polar surface area (TPSA) is 60.4 Å². The van der Waals surface area contributed by atoms with Crippen LogP contribution in [-0.4, -0.2) is 32.8 Å². The highest BCUT2D eigenvalue weighted by molar-refractivity contribution is 7.91. The normalized spacial score (nSPS) is 11.1. The summed E-state index contributed by atoms with van der Waals surface area (Å²) in [6.07, 6.45) is 1.24. The Morgan fingerprint density at radius 2 is 1.88 bits per heavy atom. The third-order valence-corrected chi connectivity index (χ3v) is 4.11. The van der Waals surface area contributed by atoms with Crippen LogP contribution in [0.5, 0.6) is 5.75 Å². The van der Waals surface area contributed by atoms with Gasteiger partial charge in [-0.05, 0) is 30.7 Å². The van der Waals surface area contributed by atoms with Crippen molar-refractivity contribution in [2.45, 2.75) is 13.3 Å². The second-order valence-corrected chi connectivity index (χ2v) is 6.10. The van der Waals surface area contributed by atoms with Crippen molar-refractivity contribution in [2.24, 2.45) is 0 Å². The standard InChI is InChI=1S/C12H16O4S/c1-2-17(14,15)9-3-8-16-12-6-4-11(10-13)5-7-12/h4-7,10H,2-3,8-9H2,1H3. The fourth-order valence-corrected chi connectivity index (χ4v) is 2.10. The van der Waals surface area contributed by atoms with E-state index in [9.17, 15) is 13.2 Å². The van der Waals surface area contributed by atoms with Crippen LogP contribution in [0.3, 0.4) is 0 Å². The van der Waals surface area contributed by atoms with E-state index < -0.39 is 9.84 Å². The summed E-state index contributed by atoms with van der Waals surface area (Å²) < 4.78 is 27.8. The predicted octanol–water partition coefficient (Wildman–Crippen LogP) is 1.70. The number of benzene rings is 1. The lowest BCUT2D eigenvalue weighted by molar-refractivity contribution is 0.112. The fourth-order valence-electron chi connectivity index (χ4n) is 1.26. The van der Waals surface area contributed by atoms with E-state index in [1.807, 2.05) is 0 Å². The molecule has 17 heavy (non-hydrogen) atoms. The monoisotopic (exact) mass is 256 g/mol. The van der Waals surface area contributed by atoms with Crippen molar-refractivity contribution in [2.75, 3.05) is 18.1 Å². The van der Waals surface area contributed by atoms with E-state index in [0.717, 1.165) is 6.29 Å². The molecule has 0 aromatic heterocycles. The van der Waals surface area contributed by atoms with Gasteiger partial charge in [-0.15, -0.1) is 0 Å². The molecule has 0 saturated carbocycles. The highest BCUT2D eigenvalue weighted by atomic mass is 32.2. The number of aldehydes is 1. The summed E-state index contributed by atoms with van der Waals surface area (Å²) in [5.41, 5.74) is 0.589. The van der Waals surface area contributed by atoms with E-state index >= 15 is 0 Å². The van der Waals surface area contributed by atoms with E-state index in [-0.39, 0.29) is 11.5 Å². The van der Waals surface area contributed by atoms with Crippen LogP contribution in [0.4, 0.5) is 0 Å². The maximum absolute atomic E-state index is 11.2. The fraction of sp³-hybridized carbons (Fsp3) is 0.417. The minimum absolute atomic E-state index is 0.149. The number of sulfone groups is 1. The molecule has 0 spiro atoms. The zero-order valence-corrected chi connectivity index (χ0v) is 10.6. The van der Waals surface area contributed by atoms with Crippen molar-refractivity contribution in [1.82, 2.24) is 0 Å². The molecule has 0 amide bonds. The van der Waals surface area contributed by atoms with E-state index in [4.69, 9.17) is 4.74 Å². The molecule has 0 aliphatic carbocycles. The van der Waals surface area contributed by atoms with Gasteiger partial charge in [0, 0.05) is 11.3 Å². The van der Waals surface area contributed by atoms with Crippen LogP contribution >= 0.6 is 0 Å². The van der Waals surface area contributed by atoms with Crippen molar-refractivity contribution in [3.05, 3.63) is 29.8 Å². The van der Waals surface area contributed by atoms with Gasteiger partial charge in [-0.2, -0.15) is 0 Å². The van der Waals surface area contributed by atoms with Gasteiger partial charge in [0.15, 0.2) is 0 Å². The molecule has 1 rings (SSSR count). The van der Waals surface area contributed by atoms with Gasteiger partial charge in [-0.3, -0.25) is 4.79 Å². The summed E-state index contributed by atoms with van der Waals surface area (Å²) >= 11 is 0. The number of rotatable bonds is 7. The largest absolute Gasteiger partial charge is 0.494 e. The van der Waals surface area contributed by atoms with Crippen LogP contribution in [0.15, 0.2) is 24.3 Å². The average molecular weight is 256 g/mol. The zero-order valence-electron chi connectivity index (χ0n) is 9.76. The van der Waals surface area contributed by atoms with Crippen LogP contribution < -0.4 is 4.74 Å². The van der Waals surface area contributed by atoms with Gasteiger partial charge in [-0.1, -0.05) is 6.92 Å². The Morgan fingerprint density at radius 3 is 2.41 bits per heavy atom. The molecule has 0 radical (unpaired) electrons. The minimum Gasteiger partial charge on any atom is -0.494 e. The van der Waals surface area contributed by atoms with Crippen molar-refractivity contribution < 1.29 is 17.9 Å². The summed E-state index contributed by atoms with van der Waals surface area (Å²) in [6, 6.07) is 6.70. The molecular formula is C12H16O4S. The zero-order chi connectivity index (χ0) is 12.7. The van der Waals surface area contributed by atoms with Gasteiger partial charge < -0.3 is 4.74 Å². The van der Waals surface area contributed by atoms with Gasteiger partial charge in [-0.25, -0.2) is 8.42 Å². The summed E-state index contributed by atoms with van der Waals surface area (Å²) in [6.45, 7) is 1.99. The molecule has 0 heterocycles. The van der Waals surface area contributed by atoms with Crippen molar-refractivity contribution in [1.29, 1.82) is 0 Å². The first-order valence-corrected chi connectivity index (χ1v) is 7.28. The van der Waals surface area contributed by atoms with E-state index in [1.54, 1.807) is 31.2 Å². The number of ether oxygens (including phenoxy) is 1. The van der Waals surface area contributed by atoms with Crippen molar-refractivity contribution in [3.8, 4) is 5.75 Å². The summed E-state index contributed by atoms with van der Waals surface area (Å²) in [5.74, 6) is 0.959. The van der Waals surface area contributed by atoms with Gasteiger partial charge in [0.1, 0.15) is 21.9 Å². The Hall–Kier alpha value is -1.36. The van der Waals surface area contributed by atoms with Crippen LogP contribution in [0.2, 0.25) is 0 Å². The molecule has 0 N–H and O–H groups in total. The molecule has 0 fully saturated rings. The molecule has 1 aromatic rings. The molecule has 0 atom stereocenters. The van der Waals surface area contributed by atoms with Gasteiger partial charge >= 0.3 is 0 Å². The van der Waals surface area contributed by atoms with Crippen LogP contribution in [0.25, 0.3) is 0 Å². The number of carbonyl (C=O) groups is 1. The first-order chi connectivity index (χ1) is 8.07. The number of hydrogen-bond donors (Lipinski definition) is 0. The van der Waals surface area contributed by atoms with Crippen LogP contribution in [0, 0.1) is 0 Å². The molecule has 1 aromatic carbocycles. The Balaban J connectivity index is 2.33. The molecular weight excluding hydrogens is 240 g/mol. The molecule has 0 aliphatic heterocycles. The third-order valence-electron chi connectivity index (χ3n) is 2.32. The minimum atomic E-state index is -2.91. The smallest absolute Gasteiger partial charge is 0.150 e. The second-order valence-electron chi connectivity index (χ2n) is 3.63. The lowest BCUT2D eigenvalue weighted by Crippen LogP contribution is -2.11. The van der Waals surface area contributed by atoms with Crippen LogP contribution in [-0.2, 0) is 9.84 Å². The molecule has 4 nitrogen and oxygen atoms in total. The molecule has 5 heteroatoms. The number of carbonyl (C=O) groups excluding carboxylic acids is 1. The predicted molar refractivity (Wildman–Crippen MR) is 66.3 cm³/mol. The quantitative estimate of drug-likeness (QED) is 0.550. The molecule has 94 valence electrons. The summed E-state index contributed by atoms with van der Waals surface area (Å²) in [5, 5.41) is 0. The highest BCUT2D eigenvalue weighted by Crippen LogP contribution is 2.11. The molecule has 0 bridgehead atoms. The first-order valence-electron chi connectivity index (χ1n) is 5.46. The molecule has 0 aliphatic rings. The maximum atomic E-state index is 11.2. The Morgan fingerprint density at radius 1 is 1.24 bits per heavy atom. The molecule has 0 unspecified atom stereocenters. The Labute approximate surface area is 102 Å². The molecule has 0 saturated heterocycles. The summed E-state index contributed by atoms with van der Waals surface area (Å²) in [7, 11) is -2.91. The first kappa shape index (κ1) is 13.7. The number of hydrogen-bond acceptors (Lipinski definition) is 4. The van der Waals surface area contributed by atoms with Crippen LogP contribution in [0.1, 0.15) is 23.7 Å². The van der Waals surface area contributed by atoms with Gasteiger partial charge in [0.2, 0.25) is 0 Å². The summed E-state index contributed by atoms with van der Waals surface area (Å²) in [4.78, 5) is 10.4. The van der Waals surface area contributed by atoms with Crippen molar-refractivity contribution in [3.63, 3.8) is 0 Å². The second kappa shape index (κ2) is 6.39. The van der Waals surface area contributed by atoms with Gasteiger partial charge in [0.05, 0.1) is 12.4 Å². The lowest BCUT2D eigenvalue weighted by atomic mass is 10.2. The average Bonchev–Trinajstić information content (AvgIpc) is 2.35. The Bertz CT molecular complexity index is 448.